The summed E-state index contributed by atoms with van der Waals surface area (Å²) in [5.74, 6) is -1.04. The zero-order valence-electron chi connectivity index (χ0n) is 17.8. The molecule has 0 amide bonds. The molecule has 4 rings (SSSR count). The summed E-state index contributed by atoms with van der Waals surface area (Å²) in [6.07, 6.45) is 1.39. The van der Waals surface area contributed by atoms with Crippen LogP contribution >= 0.6 is 0 Å². The second kappa shape index (κ2) is 8.68. The maximum Gasteiger partial charge on any atom is 0.534 e. The average Bonchev–Trinajstić information content (AvgIpc) is 2.75. The minimum Gasteiger partial charge on any atom is -0.504 e. The molecule has 0 saturated heterocycles. The number of rotatable bonds is 7. The molecule has 0 saturated carbocycles. The fourth-order valence-corrected chi connectivity index (χ4v) is 5.02. The summed E-state index contributed by atoms with van der Waals surface area (Å²) in [5, 5.41) is 10.8. The van der Waals surface area contributed by atoms with Crippen molar-refractivity contribution >= 4 is 10.1 Å². The van der Waals surface area contributed by atoms with E-state index in [2.05, 4.69) is 9.08 Å². The second-order valence-corrected chi connectivity index (χ2v) is 9.50. The monoisotopic (exact) mass is 489 g/mol. The van der Waals surface area contributed by atoms with E-state index in [1.165, 1.54) is 6.07 Å². The molecule has 2 aromatic rings. The number of hydrogen-bond donors (Lipinski definition) is 1. The normalized spacial score (nSPS) is 17.9. The molecule has 2 aliphatic rings. The molecule has 0 fully saturated rings. The number of likely N-dealkylation sites (N-methyl/N-ethyl adjacent to an activating group) is 1. The molecule has 2 aromatic carbocycles. The summed E-state index contributed by atoms with van der Waals surface area (Å²) in [7, 11) is -5.95. The zero-order valence-corrected chi connectivity index (χ0v) is 18.6. The third-order valence-electron chi connectivity index (χ3n) is 6.03. The molecule has 11 heteroatoms. The fourth-order valence-electron chi connectivity index (χ4n) is 4.56. The summed E-state index contributed by atoms with van der Waals surface area (Å²) in [5.41, 5.74) is -2.35. The smallest absolute Gasteiger partial charge is 0.504 e. The Hall–Kier alpha value is -2.53. The molecule has 1 atom stereocenters. The van der Waals surface area contributed by atoms with Gasteiger partial charge >= 0.3 is 15.6 Å². The molecule has 0 bridgehead atoms. The number of halogens is 4. The van der Waals surface area contributed by atoms with Crippen LogP contribution in [0.15, 0.2) is 24.3 Å². The highest BCUT2D eigenvalue weighted by molar-refractivity contribution is 7.88. The van der Waals surface area contributed by atoms with Crippen molar-refractivity contribution in [1.29, 1.82) is 0 Å². The standard InChI is InChI=1S/C22H23F4NO5S/c1-2-27-8-6-14-10-15(31-9-3-7-23)12-16-19(14)17(27)11-13-4-5-18(21(28)20(13)16)32-33(29,30)22(24,25)26/h4-5,10,12,17,28H,2-3,6-9,11H2,1H3/t17-/m1/s1. The SMILES string of the molecule is CCN1CCc2cc(OCCCF)cc3c2[C@H]1Cc1ccc(OS(=O)(=O)C(F)(F)F)c(O)c1-3. The number of hydrogen-bond acceptors (Lipinski definition) is 6. The van der Waals surface area contributed by atoms with E-state index in [9.17, 15) is 31.1 Å². The lowest BCUT2D eigenvalue weighted by Crippen LogP contribution is -2.38. The quantitative estimate of drug-likeness (QED) is 0.267. The molecule has 6 nitrogen and oxygen atoms in total. The maximum absolute atomic E-state index is 12.8. The lowest BCUT2D eigenvalue weighted by Gasteiger charge is -2.41. The van der Waals surface area contributed by atoms with Crippen molar-refractivity contribution < 1.29 is 40.0 Å². The van der Waals surface area contributed by atoms with E-state index in [0.717, 1.165) is 30.3 Å². The Labute approximate surface area is 188 Å². The number of phenols is 1. The largest absolute Gasteiger partial charge is 0.534 e. The maximum atomic E-state index is 12.8. The summed E-state index contributed by atoms with van der Waals surface area (Å²) >= 11 is 0. The van der Waals surface area contributed by atoms with E-state index < -0.39 is 33.8 Å². The molecule has 1 aliphatic heterocycles. The van der Waals surface area contributed by atoms with Gasteiger partial charge in [0.05, 0.1) is 13.3 Å². The van der Waals surface area contributed by atoms with Crippen molar-refractivity contribution in [2.75, 3.05) is 26.4 Å². The first kappa shape index (κ1) is 23.6. The molecule has 33 heavy (non-hydrogen) atoms. The van der Waals surface area contributed by atoms with Crippen molar-refractivity contribution in [2.24, 2.45) is 0 Å². The van der Waals surface area contributed by atoms with E-state index in [0.29, 0.717) is 29.7 Å². The van der Waals surface area contributed by atoms with E-state index in [1.54, 1.807) is 6.07 Å². The highest BCUT2D eigenvalue weighted by atomic mass is 32.2. The Kier molecular flexibility index (Phi) is 6.21. The van der Waals surface area contributed by atoms with Gasteiger partial charge in [0.25, 0.3) is 0 Å². The number of phenolic OH excluding ortho intramolecular Hbond substituents is 1. The van der Waals surface area contributed by atoms with E-state index in [-0.39, 0.29) is 24.6 Å². The molecule has 0 spiro atoms. The van der Waals surface area contributed by atoms with Crippen LogP contribution < -0.4 is 8.92 Å². The Morgan fingerprint density at radius 3 is 2.64 bits per heavy atom. The van der Waals surface area contributed by atoms with Crippen LogP contribution in [0.25, 0.3) is 11.1 Å². The highest BCUT2D eigenvalue weighted by Crippen LogP contribution is 2.52. The number of alkyl halides is 4. The van der Waals surface area contributed by atoms with Gasteiger partial charge in [0, 0.05) is 24.6 Å². The van der Waals surface area contributed by atoms with Crippen LogP contribution in [0.5, 0.6) is 17.2 Å². The minimum atomic E-state index is -5.95. The minimum absolute atomic E-state index is 0.00813. The molecule has 0 radical (unpaired) electrons. The molecule has 1 N–H and O–H groups in total. The molecule has 1 heterocycles. The van der Waals surface area contributed by atoms with Gasteiger partial charge in [0.15, 0.2) is 11.5 Å². The van der Waals surface area contributed by atoms with Gasteiger partial charge in [-0.2, -0.15) is 21.6 Å². The van der Waals surface area contributed by atoms with Gasteiger partial charge in [0.1, 0.15) is 5.75 Å². The number of benzene rings is 2. The van der Waals surface area contributed by atoms with Crippen molar-refractivity contribution in [3.63, 3.8) is 0 Å². The van der Waals surface area contributed by atoms with Gasteiger partial charge in [-0.1, -0.05) is 13.0 Å². The zero-order chi connectivity index (χ0) is 24.0. The second-order valence-electron chi connectivity index (χ2n) is 7.96. The number of ether oxygens (including phenoxy) is 1. The van der Waals surface area contributed by atoms with Gasteiger partial charge in [-0.05, 0) is 59.8 Å². The third-order valence-corrected chi connectivity index (χ3v) is 6.99. The molecule has 1 aliphatic carbocycles. The van der Waals surface area contributed by atoms with Gasteiger partial charge in [-0.15, -0.1) is 0 Å². The number of fused-ring (bicyclic) bond motifs is 2. The topological polar surface area (TPSA) is 76.1 Å². The van der Waals surface area contributed by atoms with Crippen molar-refractivity contribution in [1.82, 2.24) is 4.90 Å². The van der Waals surface area contributed by atoms with Crippen LogP contribution in [0.2, 0.25) is 0 Å². The lowest BCUT2D eigenvalue weighted by molar-refractivity contribution is -0.0500. The predicted molar refractivity (Wildman–Crippen MR) is 113 cm³/mol. The first-order chi connectivity index (χ1) is 15.6. The van der Waals surface area contributed by atoms with Crippen LogP contribution in [0.4, 0.5) is 17.6 Å². The van der Waals surface area contributed by atoms with Gasteiger partial charge < -0.3 is 14.0 Å². The number of nitrogens with zero attached hydrogens (tertiary/aromatic N) is 1. The first-order valence-electron chi connectivity index (χ1n) is 10.5. The van der Waals surface area contributed by atoms with Gasteiger partial charge in [-0.25, -0.2) is 0 Å². The summed E-state index contributed by atoms with van der Waals surface area (Å²) in [6, 6.07) is 6.02. The summed E-state index contributed by atoms with van der Waals surface area (Å²) < 4.78 is 83.9. The molecule has 0 unspecified atom stereocenters. The van der Waals surface area contributed by atoms with Gasteiger partial charge in [0.2, 0.25) is 0 Å². The van der Waals surface area contributed by atoms with E-state index >= 15 is 0 Å². The van der Waals surface area contributed by atoms with Crippen LogP contribution in [0, 0.1) is 0 Å². The van der Waals surface area contributed by atoms with Crippen molar-refractivity contribution in [3.05, 3.63) is 41.0 Å². The third kappa shape index (κ3) is 4.23. The molecular formula is C22H23F4NO5S. The Balaban J connectivity index is 1.85. The predicted octanol–water partition coefficient (Wildman–Crippen LogP) is 4.50. The summed E-state index contributed by atoms with van der Waals surface area (Å²) in [4.78, 5) is 2.27. The van der Waals surface area contributed by atoms with E-state index in [1.807, 2.05) is 13.0 Å². The Morgan fingerprint density at radius 2 is 1.97 bits per heavy atom. The first-order valence-corrected chi connectivity index (χ1v) is 11.9. The number of aromatic hydroxyl groups is 1. The highest BCUT2D eigenvalue weighted by Gasteiger charge is 2.49. The van der Waals surface area contributed by atoms with Crippen LogP contribution in [-0.2, 0) is 23.0 Å². The Morgan fingerprint density at radius 1 is 1.21 bits per heavy atom. The van der Waals surface area contributed by atoms with E-state index in [4.69, 9.17) is 4.74 Å². The van der Waals surface area contributed by atoms with Crippen molar-refractivity contribution in [2.45, 2.75) is 37.7 Å². The molecular weight excluding hydrogens is 466 g/mol. The summed E-state index contributed by atoms with van der Waals surface area (Å²) in [6.45, 7) is 3.22. The molecule has 0 aromatic heterocycles. The average molecular weight is 489 g/mol. The van der Waals surface area contributed by atoms with Gasteiger partial charge in [-0.3, -0.25) is 9.29 Å². The Bertz CT molecular complexity index is 1170. The fraction of sp³-hybridized carbons (Fsp3) is 0.455. The van der Waals surface area contributed by atoms with Crippen LogP contribution in [0.1, 0.15) is 36.1 Å². The van der Waals surface area contributed by atoms with Crippen LogP contribution in [-0.4, -0.2) is 50.3 Å². The van der Waals surface area contributed by atoms with Crippen LogP contribution in [0.3, 0.4) is 0 Å². The lowest BCUT2D eigenvalue weighted by atomic mass is 9.76. The van der Waals surface area contributed by atoms with Crippen molar-refractivity contribution in [3.8, 4) is 28.4 Å². The molecule has 180 valence electrons.